The summed E-state index contributed by atoms with van der Waals surface area (Å²) < 4.78 is 26.8. The smallest absolute Gasteiger partial charge is 0.163 e. The third-order valence-corrected chi connectivity index (χ3v) is 4.12. The molecule has 2 atom stereocenters. The van der Waals surface area contributed by atoms with Crippen LogP contribution in [0.25, 0.3) is 0 Å². The van der Waals surface area contributed by atoms with E-state index >= 15 is 0 Å². The van der Waals surface area contributed by atoms with Crippen molar-refractivity contribution in [2.75, 3.05) is 0 Å². The van der Waals surface area contributed by atoms with Crippen LogP contribution in [0.3, 0.4) is 0 Å². The van der Waals surface area contributed by atoms with Gasteiger partial charge in [0.25, 0.3) is 0 Å². The van der Waals surface area contributed by atoms with Gasteiger partial charge in [0.05, 0.1) is 5.38 Å². The van der Waals surface area contributed by atoms with Crippen molar-refractivity contribution < 1.29 is 8.78 Å². The molecule has 0 amide bonds. The number of halogens is 3. The molecule has 0 bridgehead atoms. The summed E-state index contributed by atoms with van der Waals surface area (Å²) in [4.78, 5) is 0. The summed E-state index contributed by atoms with van der Waals surface area (Å²) >= 11 is 6.35. The molecule has 0 saturated heterocycles. The molecule has 4 heteroatoms. The van der Waals surface area contributed by atoms with Crippen LogP contribution >= 0.6 is 11.6 Å². The number of nitrogens with one attached hydrogen (secondary N) is 1. The number of fused-ring (bicyclic) bond motifs is 1. The Morgan fingerprint density at radius 3 is 2.75 bits per heavy atom. The lowest BCUT2D eigenvalue weighted by Gasteiger charge is -2.17. The maximum absolute atomic E-state index is 13.6. The fourth-order valence-corrected chi connectivity index (χ4v) is 3.08. The van der Waals surface area contributed by atoms with E-state index in [0.717, 1.165) is 18.1 Å². The lowest BCUT2D eigenvalue weighted by Crippen LogP contribution is -2.25. The summed E-state index contributed by atoms with van der Waals surface area (Å²) in [5.74, 6) is -1.61. The van der Waals surface area contributed by atoms with Crippen molar-refractivity contribution in [3.8, 4) is 0 Å². The van der Waals surface area contributed by atoms with Gasteiger partial charge in [-0.25, -0.2) is 8.78 Å². The van der Waals surface area contributed by atoms with E-state index in [1.165, 1.54) is 11.6 Å². The zero-order valence-corrected chi connectivity index (χ0v) is 11.5. The Kier molecular flexibility index (Phi) is 3.72. The minimum absolute atomic E-state index is 0.0319. The van der Waals surface area contributed by atoms with E-state index in [4.69, 9.17) is 11.6 Å². The predicted molar refractivity (Wildman–Crippen MR) is 75.7 cm³/mol. The van der Waals surface area contributed by atoms with Crippen LogP contribution in [0.5, 0.6) is 0 Å². The predicted octanol–water partition coefficient (Wildman–Crippen LogP) is 3.96. The van der Waals surface area contributed by atoms with Crippen molar-refractivity contribution in [3.63, 3.8) is 0 Å². The monoisotopic (exact) mass is 293 g/mol. The van der Waals surface area contributed by atoms with Crippen molar-refractivity contribution in [1.82, 2.24) is 5.32 Å². The molecule has 1 aliphatic carbocycles. The average Bonchev–Trinajstić information content (AvgIpc) is 2.76. The van der Waals surface area contributed by atoms with Crippen LogP contribution in [-0.4, -0.2) is 5.38 Å². The van der Waals surface area contributed by atoms with E-state index in [2.05, 4.69) is 11.4 Å². The van der Waals surface area contributed by atoms with Gasteiger partial charge >= 0.3 is 0 Å². The molecule has 104 valence electrons. The second-order valence-corrected chi connectivity index (χ2v) is 5.55. The van der Waals surface area contributed by atoms with Crippen molar-refractivity contribution in [2.45, 2.75) is 24.4 Å². The van der Waals surface area contributed by atoms with Gasteiger partial charge in [0, 0.05) is 18.2 Å². The van der Waals surface area contributed by atoms with Gasteiger partial charge in [-0.2, -0.15) is 0 Å². The summed E-state index contributed by atoms with van der Waals surface area (Å²) in [6, 6.07) is 12.2. The van der Waals surface area contributed by atoms with Gasteiger partial charge in [0.1, 0.15) is 0 Å². The van der Waals surface area contributed by atoms with Gasteiger partial charge in [0.15, 0.2) is 11.6 Å². The van der Waals surface area contributed by atoms with Crippen LogP contribution < -0.4 is 5.32 Å². The molecule has 20 heavy (non-hydrogen) atoms. The highest BCUT2D eigenvalue weighted by atomic mass is 35.5. The first-order chi connectivity index (χ1) is 9.66. The molecular weight excluding hydrogens is 280 g/mol. The van der Waals surface area contributed by atoms with Crippen LogP contribution in [0.2, 0.25) is 0 Å². The number of rotatable bonds is 3. The normalized spacial score (nSPS) is 20.9. The van der Waals surface area contributed by atoms with Gasteiger partial charge in [0.2, 0.25) is 0 Å². The molecule has 3 rings (SSSR count). The maximum atomic E-state index is 13.6. The highest BCUT2D eigenvalue weighted by molar-refractivity contribution is 6.21. The Bertz CT molecular complexity index is 630. The minimum atomic E-state index is -0.821. The summed E-state index contributed by atoms with van der Waals surface area (Å²) in [6.45, 7) is 0.256. The van der Waals surface area contributed by atoms with Crippen LogP contribution in [0.15, 0.2) is 42.5 Å². The molecular formula is C16H14ClF2N. The molecule has 2 unspecified atom stereocenters. The summed E-state index contributed by atoms with van der Waals surface area (Å²) in [7, 11) is 0. The van der Waals surface area contributed by atoms with Gasteiger partial charge < -0.3 is 5.32 Å². The third kappa shape index (κ3) is 2.43. The highest BCUT2D eigenvalue weighted by Gasteiger charge is 2.30. The number of hydrogen-bond donors (Lipinski definition) is 1. The van der Waals surface area contributed by atoms with Crippen LogP contribution in [0.4, 0.5) is 8.78 Å². The standard InChI is InChI=1S/C16H14ClF2N/c17-13-8-10-4-1-2-6-12(10)16(13)20-9-11-5-3-7-14(18)15(11)19/h1-7,13,16,20H,8-9H2. The highest BCUT2D eigenvalue weighted by Crippen LogP contribution is 2.34. The van der Waals surface area contributed by atoms with E-state index in [1.54, 1.807) is 6.07 Å². The molecule has 1 nitrogen and oxygen atoms in total. The first-order valence-corrected chi connectivity index (χ1v) is 6.98. The molecule has 0 spiro atoms. The van der Waals surface area contributed by atoms with Crippen molar-refractivity contribution in [1.29, 1.82) is 0 Å². The van der Waals surface area contributed by atoms with Crippen LogP contribution in [0.1, 0.15) is 22.7 Å². The van der Waals surface area contributed by atoms with Gasteiger partial charge in [-0.15, -0.1) is 11.6 Å². The average molecular weight is 294 g/mol. The van der Waals surface area contributed by atoms with E-state index in [1.807, 2.05) is 18.2 Å². The number of alkyl halides is 1. The van der Waals surface area contributed by atoms with Gasteiger partial charge in [-0.05, 0) is 23.6 Å². The van der Waals surface area contributed by atoms with Crippen LogP contribution in [0, 0.1) is 11.6 Å². The molecule has 1 aliphatic rings. The molecule has 2 aromatic rings. The SMILES string of the molecule is Fc1cccc(CNC2c3ccccc3CC2Cl)c1F. The lowest BCUT2D eigenvalue weighted by atomic mass is 10.1. The van der Waals surface area contributed by atoms with E-state index in [9.17, 15) is 8.78 Å². The van der Waals surface area contributed by atoms with E-state index in [0.29, 0.717) is 5.56 Å². The molecule has 0 saturated carbocycles. The van der Waals surface area contributed by atoms with E-state index in [-0.39, 0.29) is 18.0 Å². The topological polar surface area (TPSA) is 12.0 Å². The fraction of sp³-hybridized carbons (Fsp3) is 0.250. The zero-order valence-electron chi connectivity index (χ0n) is 10.7. The first-order valence-electron chi connectivity index (χ1n) is 6.55. The second kappa shape index (κ2) is 5.51. The maximum Gasteiger partial charge on any atom is 0.163 e. The van der Waals surface area contributed by atoms with Crippen molar-refractivity contribution in [3.05, 3.63) is 70.8 Å². The molecule has 0 fully saturated rings. The quantitative estimate of drug-likeness (QED) is 0.845. The van der Waals surface area contributed by atoms with Crippen LogP contribution in [-0.2, 0) is 13.0 Å². The zero-order chi connectivity index (χ0) is 14.1. The Morgan fingerprint density at radius 1 is 1.10 bits per heavy atom. The third-order valence-electron chi connectivity index (χ3n) is 3.71. The molecule has 0 radical (unpaired) electrons. The molecule has 2 aromatic carbocycles. The Hall–Kier alpha value is -1.45. The second-order valence-electron chi connectivity index (χ2n) is 4.99. The largest absolute Gasteiger partial charge is 0.304 e. The first kappa shape index (κ1) is 13.5. The minimum Gasteiger partial charge on any atom is -0.304 e. The molecule has 0 heterocycles. The van der Waals surface area contributed by atoms with Crippen molar-refractivity contribution >= 4 is 11.6 Å². The van der Waals surface area contributed by atoms with Crippen molar-refractivity contribution in [2.24, 2.45) is 0 Å². The fourth-order valence-electron chi connectivity index (χ4n) is 2.69. The van der Waals surface area contributed by atoms with E-state index < -0.39 is 11.6 Å². The molecule has 1 N–H and O–H groups in total. The summed E-state index contributed by atoms with van der Waals surface area (Å²) in [6.07, 6.45) is 0.793. The molecule has 0 aromatic heterocycles. The Balaban J connectivity index is 1.77. The Labute approximate surface area is 121 Å². The number of hydrogen-bond acceptors (Lipinski definition) is 1. The lowest BCUT2D eigenvalue weighted by molar-refractivity contribution is 0.478. The Morgan fingerprint density at radius 2 is 1.90 bits per heavy atom. The summed E-state index contributed by atoms with van der Waals surface area (Å²) in [5.41, 5.74) is 2.67. The summed E-state index contributed by atoms with van der Waals surface area (Å²) in [5, 5.41) is 3.17. The van der Waals surface area contributed by atoms with Gasteiger partial charge in [-0.3, -0.25) is 0 Å². The molecule has 0 aliphatic heterocycles. The number of benzene rings is 2. The van der Waals surface area contributed by atoms with Gasteiger partial charge in [-0.1, -0.05) is 36.4 Å².